The first-order valence-electron chi connectivity index (χ1n) is 5.59. The zero-order valence-electron chi connectivity index (χ0n) is 9.60. The Morgan fingerprint density at radius 3 is 2.89 bits per heavy atom. The third-order valence-electron chi connectivity index (χ3n) is 3.03. The lowest BCUT2D eigenvalue weighted by molar-refractivity contribution is 0.0765. The molecule has 0 aromatic heterocycles. The minimum absolute atomic E-state index is 0.0732. The monoisotopic (exact) mass is 268 g/mol. The van der Waals surface area contributed by atoms with Crippen LogP contribution < -0.4 is 5.73 Å². The van der Waals surface area contributed by atoms with Gasteiger partial charge in [-0.2, -0.15) is 0 Å². The SMILES string of the molecule is NC(=S)C1CCCN1C(=O)c1ccc(O)cc1F. The van der Waals surface area contributed by atoms with E-state index >= 15 is 0 Å². The Labute approximate surface area is 109 Å². The summed E-state index contributed by atoms with van der Waals surface area (Å²) in [7, 11) is 0. The summed E-state index contributed by atoms with van der Waals surface area (Å²) in [6.45, 7) is 0.515. The molecule has 1 saturated heterocycles. The van der Waals surface area contributed by atoms with Crippen LogP contribution in [0, 0.1) is 5.82 Å². The number of aromatic hydroxyl groups is 1. The summed E-state index contributed by atoms with van der Waals surface area (Å²) >= 11 is 4.91. The predicted octanol–water partition coefficient (Wildman–Crippen LogP) is 1.42. The minimum Gasteiger partial charge on any atom is -0.508 e. The van der Waals surface area contributed by atoms with Crippen molar-refractivity contribution >= 4 is 23.1 Å². The number of hydrogen-bond donors (Lipinski definition) is 2. The van der Waals surface area contributed by atoms with Crippen molar-refractivity contribution in [2.45, 2.75) is 18.9 Å². The number of thiocarbonyl (C=S) groups is 1. The zero-order chi connectivity index (χ0) is 13.3. The van der Waals surface area contributed by atoms with Crippen molar-refractivity contribution in [2.24, 2.45) is 5.73 Å². The second-order valence-electron chi connectivity index (χ2n) is 4.22. The maximum absolute atomic E-state index is 13.6. The molecule has 1 aliphatic rings. The fourth-order valence-electron chi connectivity index (χ4n) is 2.14. The summed E-state index contributed by atoms with van der Waals surface area (Å²) in [5, 5.41) is 9.12. The Morgan fingerprint density at radius 1 is 1.56 bits per heavy atom. The number of phenols is 1. The lowest BCUT2D eigenvalue weighted by Crippen LogP contribution is -2.43. The van der Waals surface area contributed by atoms with Crippen molar-refractivity contribution in [2.75, 3.05) is 6.54 Å². The molecule has 0 saturated carbocycles. The number of nitrogens with two attached hydrogens (primary N) is 1. The summed E-state index contributed by atoms with van der Waals surface area (Å²) in [4.78, 5) is 13.9. The van der Waals surface area contributed by atoms with Crippen molar-refractivity contribution in [1.29, 1.82) is 0 Å². The molecule has 0 spiro atoms. The number of likely N-dealkylation sites (tertiary alicyclic amines) is 1. The lowest BCUT2D eigenvalue weighted by Gasteiger charge is -2.23. The molecule has 0 bridgehead atoms. The summed E-state index contributed by atoms with van der Waals surface area (Å²) in [6, 6.07) is 3.16. The third kappa shape index (κ3) is 2.28. The third-order valence-corrected chi connectivity index (χ3v) is 3.30. The Kier molecular flexibility index (Phi) is 3.47. The molecule has 3 N–H and O–H groups in total. The lowest BCUT2D eigenvalue weighted by atomic mass is 10.1. The first-order valence-corrected chi connectivity index (χ1v) is 6.00. The fourth-order valence-corrected chi connectivity index (χ4v) is 2.38. The quantitative estimate of drug-likeness (QED) is 0.796. The highest BCUT2D eigenvalue weighted by molar-refractivity contribution is 7.80. The summed E-state index contributed by atoms with van der Waals surface area (Å²) in [5.41, 5.74) is 5.50. The Bertz CT molecular complexity index is 507. The van der Waals surface area contributed by atoms with Gasteiger partial charge >= 0.3 is 0 Å². The molecule has 1 atom stereocenters. The van der Waals surface area contributed by atoms with E-state index in [1.165, 1.54) is 17.0 Å². The van der Waals surface area contributed by atoms with Gasteiger partial charge in [0, 0.05) is 12.6 Å². The van der Waals surface area contributed by atoms with Crippen LogP contribution >= 0.6 is 12.2 Å². The molecule has 1 amide bonds. The number of rotatable bonds is 2. The molecular formula is C12H13FN2O2S. The average molecular weight is 268 g/mol. The highest BCUT2D eigenvalue weighted by atomic mass is 32.1. The van der Waals surface area contributed by atoms with E-state index in [0.717, 1.165) is 12.5 Å². The van der Waals surface area contributed by atoms with Crippen LogP contribution in [0.3, 0.4) is 0 Å². The molecule has 0 radical (unpaired) electrons. The van der Waals surface area contributed by atoms with Gasteiger partial charge in [0.2, 0.25) is 0 Å². The number of carbonyl (C=O) groups excluding carboxylic acids is 1. The van der Waals surface area contributed by atoms with Gasteiger partial charge < -0.3 is 15.7 Å². The summed E-state index contributed by atoms with van der Waals surface area (Å²) in [6.07, 6.45) is 1.51. The first-order chi connectivity index (χ1) is 8.50. The second kappa shape index (κ2) is 4.89. The van der Waals surface area contributed by atoms with Gasteiger partial charge in [0.05, 0.1) is 16.6 Å². The molecule has 2 rings (SSSR count). The van der Waals surface area contributed by atoms with E-state index in [0.29, 0.717) is 13.0 Å². The molecule has 96 valence electrons. The average Bonchev–Trinajstić information content (AvgIpc) is 2.77. The number of amides is 1. The predicted molar refractivity (Wildman–Crippen MR) is 68.9 cm³/mol. The van der Waals surface area contributed by atoms with Crippen LogP contribution in [0.25, 0.3) is 0 Å². The molecular weight excluding hydrogens is 255 g/mol. The van der Waals surface area contributed by atoms with Crippen molar-refractivity contribution in [3.63, 3.8) is 0 Å². The first kappa shape index (κ1) is 12.8. The maximum atomic E-state index is 13.6. The Morgan fingerprint density at radius 2 is 2.28 bits per heavy atom. The van der Waals surface area contributed by atoms with E-state index in [1.54, 1.807) is 0 Å². The van der Waals surface area contributed by atoms with Gasteiger partial charge in [-0.25, -0.2) is 4.39 Å². The highest BCUT2D eigenvalue weighted by Crippen LogP contribution is 2.23. The van der Waals surface area contributed by atoms with Crippen molar-refractivity contribution in [3.8, 4) is 5.75 Å². The van der Waals surface area contributed by atoms with Crippen LogP contribution in [0.1, 0.15) is 23.2 Å². The van der Waals surface area contributed by atoms with E-state index in [2.05, 4.69) is 0 Å². The normalized spacial score (nSPS) is 18.9. The van der Waals surface area contributed by atoms with Gasteiger partial charge in [-0.15, -0.1) is 0 Å². The molecule has 1 aromatic carbocycles. The molecule has 4 nitrogen and oxygen atoms in total. The standard InChI is InChI=1S/C12H13FN2O2S/c13-9-6-7(16)3-4-8(9)12(17)15-5-1-2-10(15)11(14)18/h3-4,6,10,16H,1-2,5H2,(H2,14,18). The van der Waals surface area contributed by atoms with Gasteiger partial charge in [-0.05, 0) is 25.0 Å². The van der Waals surface area contributed by atoms with Crippen LogP contribution in [0.4, 0.5) is 4.39 Å². The summed E-state index contributed by atoms with van der Waals surface area (Å²) in [5.74, 6) is -1.40. The molecule has 6 heteroatoms. The van der Waals surface area contributed by atoms with E-state index in [1.807, 2.05) is 0 Å². The second-order valence-corrected chi connectivity index (χ2v) is 4.69. The van der Waals surface area contributed by atoms with Gasteiger partial charge in [0.1, 0.15) is 11.6 Å². The Balaban J connectivity index is 2.28. The summed E-state index contributed by atoms with van der Waals surface area (Å²) < 4.78 is 13.6. The van der Waals surface area contributed by atoms with E-state index in [9.17, 15) is 9.18 Å². The minimum atomic E-state index is -0.742. The molecule has 1 aromatic rings. The van der Waals surface area contributed by atoms with Gasteiger partial charge in [0.25, 0.3) is 5.91 Å². The van der Waals surface area contributed by atoms with Crippen LogP contribution in [0.5, 0.6) is 5.75 Å². The number of carbonyl (C=O) groups is 1. The van der Waals surface area contributed by atoms with E-state index in [4.69, 9.17) is 23.1 Å². The number of halogens is 1. The fraction of sp³-hybridized carbons (Fsp3) is 0.333. The van der Waals surface area contributed by atoms with Crippen molar-refractivity contribution in [1.82, 2.24) is 4.90 Å². The van der Waals surface area contributed by atoms with Gasteiger partial charge in [-0.3, -0.25) is 4.79 Å². The van der Waals surface area contributed by atoms with Gasteiger partial charge in [0.15, 0.2) is 0 Å². The van der Waals surface area contributed by atoms with Crippen molar-refractivity contribution < 1.29 is 14.3 Å². The number of hydrogen-bond acceptors (Lipinski definition) is 3. The molecule has 1 heterocycles. The van der Waals surface area contributed by atoms with E-state index in [-0.39, 0.29) is 22.3 Å². The molecule has 1 fully saturated rings. The van der Waals surface area contributed by atoms with Crippen LogP contribution in [0.15, 0.2) is 18.2 Å². The maximum Gasteiger partial charge on any atom is 0.257 e. The Hall–Kier alpha value is -1.69. The van der Waals surface area contributed by atoms with Crippen molar-refractivity contribution in [3.05, 3.63) is 29.6 Å². The smallest absolute Gasteiger partial charge is 0.257 e. The zero-order valence-corrected chi connectivity index (χ0v) is 10.4. The molecule has 1 aliphatic heterocycles. The highest BCUT2D eigenvalue weighted by Gasteiger charge is 2.32. The van der Waals surface area contributed by atoms with Gasteiger partial charge in [-0.1, -0.05) is 12.2 Å². The molecule has 0 aliphatic carbocycles. The number of nitrogens with zero attached hydrogens (tertiary/aromatic N) is 1. The van der Waals surface area contributed by atoms with Crippen LogP contribution in [-0.4, -0.2) is 33.5 Å². The topological polar surface area (TPSA) is 66.6 Å². The molecule has 18 heavy (non-hydrogen) atoms. The van der Waals surface area contributed by atoms with Crippen LogP contribution in [0.2, 0.25) is 0 Å². The molecule has 1 unspecified atom stereocenters. The van der Waals surface area contributed by atoms with E-state index < -0.39 is 11.7 Å². The number of benzene rings is 1. The number of phenolic OH excluding ortho intramolecular Hbond substituents is 1. The largest absolute Gasteiger partial charge is 0.508 e. The van der Waals surface area contributed by atoms with Crippen LogP contribution in [-0.2, 0) is 0 Å².